The second-order valence-corrected chi connectivity index (χ2v) is 6.04. The lowest BCUT2D eigenvalue weighted by molar-refractivity contribution is -0.122. The maximum Gasteiger partial charge on any atom is 0.228 e. The summed E-state index contributed by atoms with van der Waals surface area (Å²) in [5.74, 6) is -2.08. The number of amides is 2. The summed E-state index contributed by atoms with van der Waals surface area (Å²) in [6.07, 6.45) is 0.428. The largest absolute Gasteiger partial charge is 0.326 e. The van der Waals surface area contributed by atoms with Crippen LogP contribution in [0, 0.1) is 17.7 Å². The van der Waals surface area contributed by atoms with Gasteiger partial charge in [0.1, 0.15) is 5.82 Å². The van der Waals surface area contributed by atoms with Crippen LogP contribution in [0.3, 0.4) is 0 Å². The molecule has 0 aliphatic heterocycles. The van der Waals surface area contributed by atoms with Crippen LogP contribution in [-0.4, -0.2) is 17.6 Å². The molecule has 1 aliphatic carbocycles. The van der Waals surface area contributed by atoms with Gasteiger partial charge in [0.25, 0.3) is 0 Å². The minimum absolute atomic E-state index is 0.0510. The second kappa shape index (κ2) is 6.84. The minimum atomic E-state index is -0.511. The van der Waals surface area contributed by atoms with Crippen molar-refractivity contribution in [3.8, 4) is 0 Å². The number of halogens is 1. The lowest BCUT2D eigenvalue weighted by atomic mass is 10.1. The molecule has 2 aromatic rings. The predicted octanol–water partition coefficient (Wildman–Crippen LogP) is 3.24. The molecule has 0 radical (unpaired) electrons. The van der Waals surface area contributed by atoms with Gasteiger partial charge in [0.15, 0.2) is 5.78 Å². The highest BCUT2D eigenvalue weighted by Gasteiger charge is 2.48. The summed E-state index contributed by atoms with van der Waals surface area (Å²) in [6, 6.07) is 12.5. The van der Waals surface area contributed by atoms with Crippen LogP contribution in [0.4, 0.5) is 15.8 Å². The van der Waals surface area contributed by atoms with Crippen LogP contribution < -0.4 is 10.6 Å². The van der Waals surface area contributed by atoms with Crippen LogP contribution >= 0.6 is 0 Å². The summed E-state index contributed by atoms with van der Waals surface area (Å²) in [7, 11) is 0. The topological polar surface area (TPSA) is 75.3 Å². The van der Waals surface area contributed by atoms with Crippen molar-refractivity contribution in [2.24, 2.45) is 11.8 Å². The third-order valence-electron chi connectivity index (χ3n) is 4.15. The number of nitrogens with one attached hydrogen (secondary N) is 2. The second-order valence-electron chi connectivity index (χ2n) is 6.04. The molecule has 1 aliphatic rings. The van der Waals surface area contributed by atoms with Gasteiger partial charge >= 0.3 is 0 Å². The zero-order chi connectivity index (χ0) is 18.0. The smallest absolute Gasteiger partial charge is 0.228 e. The van der Waals surface area contributed by atoms with E-state index in [0.29, 0.717) is 17.7 Å². The minimum Gasteiger partial charge on any atom is -0.326 e. The number of rotatable bonds is 5. The van der Waals surface area contributed by atoms with Crippen LogP contribution in [0.5, 0.6) is 0 Å². The molecule has 5 nitrogen and oxygen atoms in total. The Morgan fingerprint density at radius 1 is 0.920 bits per heavy atom. The molecular weight excluding hydrogens is 323 g/mol. The summed E-state index contributed by atoms with van der Waals surface area (Å²) >= 11 is 0. The van der Waals surface area contributed by atoms with E-state index in [1.807, 2.05) is 0 Å². The molecule has 1 saturated carbocycles. The van der Waals surface area contributed by atoms with Gasteiger partial charge in [0.05, 0.1) is 17.5 Å². The Labute approximate surface area is 144 Å². The lowest BCUT2D eigenvalue weighted by Gasteiger charge is -2.07. The Morgan fingerprint density at radius 3 is 2.12 bits per heavy atom. The van der Waals surface area contributed by atoms with Gasteiger partial charge in [-0.15, -0.1) is 0 Å². The van der Waals surface area contributed by atoms with E-state index in [-0.39, 0.29) is 23.3 Å². The number of anilines is 2. The van der Waals surface area contributed by atoms with Gasteiger partial charge in [-0.2, -0.15) is 0 Å². The van der Waals surface area contributed by atoms with E-state index in [9.17, 15) is 18.8 Å². The standard InChI is InChI=1S/C19H17FN2O3/c1-11(23)12-6-8-13(9-7-12)21-18(24)14-10-15(14)19(25)22-17-5-3-2-4-16(17)20/h2-9,14-15H,10H2,1H3,(H,21,24)(H,22,25). The molecule has 2 atom stereocenters. The summed E-state index contributed by atoms with van der Waals surface area (Å²) in [5, 5.41) is 5.24. The van der Waals surface area contributed by atoms with Crippen LogP contribution in [0.2, 0.25) is 0 Å². The quantitative estimate of drug-likeness (QED) is 0.821. The fourth-order valence-electron chi connectivity index (χ4n) is 2.59. The first-order valence-corrected chi connectivity index (χ1v) is 7.93. The fraction of sp³-hybridized carbons (Fsp3) is 0.211. The van der Waals surface area contributed by atoms with Crippen molar-refractivity contribution in [2.75, 3.05) is 10.6 Å². The van der Waals surface area contributed by atoms with Crippen molar-refractivity contribution in [1.29, 1.82) is 0 Å². The van der Waals surface area contributed by atoms with Gasteiger partial charge in [0, 0.05) is 11.3 Å². The number of para-hydroxylation sites is 1. The monoisotopic (exact) mass is 340 g/mol. The molecular formula is C19H17FN2O3. The number of hydrogen-bond donors (Lipinski definition) is 2. The molecule has 2 unspecified atom stereocenters. The molecule has 2 aromatic carbocycles. The van der Waals surface area contributed by atoms with Crippen molar-refractivity contribution >= 4 is 29.0 Å². The lowest BCUT2D eigenvalue weighted by Crippen LogP contribution is -2.21. The highest BCUT2D eigenvalue weighted by Crippen LogP contribution is 2.40. The van der Waals surface area contributed by atoms with Crippen molar-refractivity contribution in [1.82, 2.24) is 0 Å². The van der Waals surface area contributed by atoms with E-state index in [1.54, 1.807) is 30.3 Å². The number of ketones is 1. The number of carbonyl (C=O) groups is 3. The van der Waals surface area contributed by atoms with E-state index in [4.69, 9.17) is 0 Å². The van der Waals surface area contributed by atoms with E-state index < -0.39 is 17.7 Å². The summed E-state index contributed by atoms with van der Waals surface area (Å²) < 4.78 is 13.5. The van der Waals surface area contributed by atoms with E-state index >= 15 is 0 Å². The first-order chi connectivity index (χ1) is 12.0. The molecule has 2 N–H and O–H groups in total. The van der Waals surface area contributed by atoms with Crippen LogP contribution in [0.15, 0.2) is 48.5 Å². The Hall–Kier alpha value is -3.02. The molecule has 2 amide bonds. The van der Waals surface area contributed by atoms with E-state index in [2.05, 4.69) is 10.6 Å². The van der Waals surface area contributed by atoms with Gasteiger partial charge in [-0.05, 0) is 49.7 Å². The third-order valence-corrected chi connectivity index (χ3v) is 4.15. The highest BCUT2D eigenvalue weighted by molar-refractivity contribution is 6.03. The maximum absolute atomic E-state index is 13.5. The molecule has 0 aromatic heterocycles. The Kier molecular flexibility index (Phi) is 4.61. The molecule has 3 rings (SSSR count). The average Bonchev–Trinajstić information content (AvgIpc) is 3.38. The molecule has 0 spiro atoms. The molecule has 128 valence electrons. The van der Waals surface area contributed by atoms with E-state index in [1.165, 1.54) is 25.1 Å². The van der Waals surface area contributed by atoms with Crippen LogP contribution in [0.1, 0.15) is 23.7 Å². The van der Waals surface area contributed by atoms with Gasteiger partial charge < -0.3 is 10.6 Å². The number of Topliss-reactive ketones (excluding diaryl/α,β-unsaturated/α-hetero) is 1. The van der Waals surface area contributed by atoms with Gasteiger partial charge in [-0.3, -0.25) is 14.4 Å². The molecule has 1 fully saturated rings. The van der Waals surface area contributed by atoms with E-state index in [0.717, 1.165) is 0 Å². The Balaban J connectivity index is 1.55. The zero-order valence-corrected chi connectivity index (χ0v) is 13.6. The van der Waals surface area contributed by atoms with Crippen molar-refractivity contribution in [2.45, 2.75) is 13.3 Å². The maximum atomic E-state index is 13.5. The van der Waals surface area contributed by atoms with Gasteiger partial charge in [-0.25, -0.2) is 4.39 Å². The van der Waals surface area contributed by atoms with Crippen LogP contribution in [-0.2, 0) is 9.59 Å². The summed E-state index contributed by atoms with van der Waals surface area (Å²) in [6.45, 7) is 1.47. The number of hydrogen-bond acceptors (Lipinski definition) is 3. The molecule has 0 saturated heterocycles. The molecule has 25 heavy (non-hydrogen) atoms. The first-order valence-electron chi connectivity index (χ1n) is 7.93. The first kappa shape index (κ1) is 16.8. The Bertz CT molecular complexity index is 833. The molecule has 0 bridgehead atoms. The van der Waals surface area contributed by atoms with Gasteiger partial charge in [0.2, 0.25) is 11.8 Å². The average molecular weight is 340 g/mol. The summed E-state index contributed by atoms with van der Waals surface area (Å²) in [5.41, 5.74) is 1.24. The summed E-state index contributed by atoms with van der Waals surface area (Å²) in [4.78, 5) is 35.5. The van der Waals surface area contributed by atoms with Crippen molar-refractivity contribution < 1.29 is 18.8 Å². The van der Waals surface area contributed by atoms with Crippen molar-refractivity contribution in [3.05, 3.63) is 59.9 Å². The highest BCUT2D eigenvalue weighted by atomic mass is 19.1. The zero-order valence-electron chi connectivity index (χ0n) is 13.6. The van der Waals surface area contributed by atoms with Crippen molar-refractivity contribution in [3.63, 3.8) is 0 Å². The predicted molar refractivity (Wildman–Crippen MR) is 91.7 cm³/mol. The fourth-order valence-corrected chi connectivity index (χ4v) is 2.59. The molecule has 0 heterocycles. The van der Waals surface area contributed by atoms with Crippen LogP contribution in [0.25, 0.3) is 0 Å². The van der Waals surface area contributed by atoms with Gasteiger partial charge in [-0.1, -0.05) is 12.1 Å². The Morgan fingerprint density at radius 2 is 1.52 bits per heavy atom. The number of benzene rings is 2. The number of carbonyl (C=O) groups excluding carboxylic acids is 3. The third kappa shape index (κ3) is 3.91. The SMILES string of the molecule is CC(=O)c1ccc(NC(=O)C2CC2C(=O)Nc2ccccc2F)cc1. The normalized spacial score (nSPS) is 18.3. The molecule has 6 heteroatoms.